The molecule has 0 amide bonds. The Morgan fingerprint density at radius 1 is 1.47 bits per heavy atom. The Kier molecular flexibility index (Phi) is 5.67. The van der Waals surface area contributed by atoms with Crippen molar-refractivity contribution in [2.24, 2.45) is 5.92 Å². The lowest BCUT2D eigenvalue weighted by atomic mass is 10.0. The monoisotopic (exact) mass is 209 g/mol. The number of hydrogen-bond acceptors (Lipinski definition) is 3. The molecule has 0 aromatic heterocycles. The Morgan fingerprint density at radius 2 is 2.27 bits per heavy atom. The predicted molar refractivity (Wildman–Crippen MR) is 62.5 cm³/mol. The third kappa shape index (κ3) is 4.63. The van der Waals surface area contributed by atoms with Gasteiger partial charge in [0.15, 0.2) is 0 Å². The minimum atomic E-state index is 0.0191. The summed E-state index contributed by atoms with van der Waals surface area (Å²) >= 11 is 0. The molecule has 1 aliphatic heterocycles. The maximum Gasteiger partial charge on any atom is 0.0962 e. The van der Waals surface area contributed by atoms with Crippen LogP contribution in [0.4, 0.5) is 0 Å². The van der Waals surface area contributed by atoms with Crippen molar-refractivity contribution < 1.29 is 0 Å². The predicted octanol–water partition coefficient (Wildman–Crippen LogP) is 1.61. The van der Waals surface area contributed by atoms with E-state index in [9.17, 15) is 0 Å². The zero-order chi connectivity index (χ0) is 11.1. The number of nitrogens with one attached hydrogen (secondary N) is 1. The molecule has 1 heterocycles. The van der Waals surface area contributed by atoms with Gasteiger partial charge in [0.1, 0.15) is 0 Å². The lowest BCUT2D eigenvalue weighted by molar-refractivity contribution is 0.272. The van der Waals surface area contributed by atoms with Crippen LogP contribution in [-0.4, -0.2) is 37.6 Å². The highest BCUT2D eigenvalue weighted by atomic mass is 15.1. The van der Waals surface area contributed by atoms with Gasteiger partial charge in [-0.2, -0.15) is 5.26 Å². The van der Waals surface area contributed by atoms with E-state index >= 15 is 0 Å². The van der Waals surface area contributed by atoms with E-state index in [1.54, 1.807) is 0 Å². The largest absolute Gasteiger partial charge is 0.305 e. The van der Waals surface area contributed by atoms with Gasteiger partial charge in [0.2, 0.25) is 0 Å². The standard InChI is InChI=1S/C12H23N3/c1-11-4-3-7-15(8-5-11)9-6-12(10-13)14-2/h11-12,14H,3-9H2,1-2H3. The van der Waals surface area contributed by atoms with Crippen LogP contribution in [0.3, 0.4) is 0 Å². The number of nitrogens with zero attached hydrogens (tertiary/aromatic N) is 2. The molecule has 0 aromatic carbocycles. The van der Waals surface area contributed by atoms with Crippen LogP contribution in [0.25, 0.3) is 0 Å². The number of hydrogen-bond donors (Lipinski definition) is 1. The Labute approximate surface area is 93.5 Å². The summed E-state index contributed by atoms with van der Waals surface area (Å²) < 4.78 is 0. The first-order valence-electron chi connectivity index (χ1n) is 6.05. The normalized spacial score (nSPS) is 25.5. The maximum absolute atomic E-state index is 8.82. The van der Waals surface area contributed by atoms with Gasteiger partial charge in [0.05, 0.1) is 12.1 Å². The van der Waals surface area contributed by atoms with E-state index in [0.29, 0.717) is 0 Å². The molecule has 86 valence electrons. The van der Waals surface area contributed by atoms with E-state index in [1.807, 2.05) is 7.05 Å². The first-order chi connectivity index (χ1) is 7.26. The molecule has 0 bridgehead atoms. The summed E-state index contributed by atoms with van der Waals surface area (Å²) in [5.74, 6) is 0.881. The summed E-state index contributed by atoms with van der Waals surface area (Å²) in [5.41, 5.74) is 0. The van der Waals surface area contributed by atoms with Crippen molar-refractivity contribution in [2.75, 3.05) is 26.7 Å². The van der Waals surface area contributed by atoms with Gasteiger partial charge in [-0.25, -0.2) is 0 Å². The molecule has 1 saturated heterocycles. The smallest absolute Gasteiger partial charge is 0.0962 e. The van der Waals surface area contributed by atoms with Crippen molar-refractivity contribution in [3.05, 3.63) is 0 Å². The molecule has 1 N–H and O–H groups in total. The van der Waals surface area contributed by atoms with Gasteiger partial charge in [-0.1, -0.05) is 6.92 Å². The van der Waals surface area contributed by atoms with E-state index < -0.39 is 0 Å². The van der Waals surface area contributed by atoms with Crippen molar-refractivity contribution in [3.8, 4) is 6.07 Å². The fourth-order valence-electron chi connectivity index (χ4n) is 2.13. The molecule has 3 heteroatoms. The lowest BCUT2D eigenvalue weighted by Gasteiger charge is -2.20. The molecule has 2 unspecified atom stereocenters. The third-order valence-electron chi connectivity index (χ3n) is 3.35. The number of nitriles is 1. The van der Waals surface area contributed by atoms with Crippen molar-refractivity contribution in [2.45, 2.75) is 38.6 Å². The van der Waals surface area contributed by atoms with Crippen molar-refractivity contribution in [1.82, 2.24) is 10.2 Å². The summed E-state index contributed by atoms with van der Waals surface area (Å²) in [6.07, 6.45) is 4.94. The summed E-state index contributed by atoms with van der Waals surface area (Å²) in [6.45, 7) is 5.83. The molecular weight excluding hydrogens is 186 g/mol. The summed E-state index contributed by atoms with van der Waals surface area (Å²) in [7, 11) is 1.86. The molecule has 0 radical (unpaired) electrons. The Hall–Kier alpha value is -0.590. The molecule has 0 saturated carbocycles. The third-order valence-corrected chi connectivity index (χ3v) is 3.35. The highest BCUT2D eigenvalue weighted by Gasteiger charge is 2.14. The molecule has 0 aromatic rings. The fraction of sp³-hybridized carbons (Fsp3) is 0.917. The van der Waals surface area contributed by atoms with Crippen LogP contribution < -0.4 is 5.32 Å². The maximum atomic E-state index is 8.82. The van der Waals surface area contributed by atoms with Crippen LogP contribution in [0.2, 0.25) is 0 Å². The van der Waals surface area contributed by atoms with E-state index in [2.05, 4.69) is 23.2 Å². The SMILES string of the molecule is CNC(C#N)CCN1CCCC(C)CC1. The zero-order valence-electron chi connectivity index (χ0n) is 10.00. The second-order valence-corrected chi connectivity index (χ2v) is 4.64. The van der Waals surface area contributed by atoms with Crippen LogP contribution in [0.5, 0.6) is 0 Å². The van der Waals surface area contributed by atoms with Crippen LogP contribution in [0.15, 0.2) is 0 Å². The van der Waals surface area contributed by atoms with Gasteiger partial charge in [0, 0.05) is 6.54 Å². The van der Waals surface area contributed by atoms with Crippen LogP contribution >= 0.6 is 0 Å². The molecule has 15 heavy (non-hydrogen) atoms. The number of rotatable bonds is 4. The molecule has 1 aliphatic rings. The van der Waals surface area contributed by atoms with Gasteiger partial charge in [-0.05, 0) is 51.7 Å². The minimum absolute atomic E-state index is 0.0191. The van der Waals surface area contributed by atoms with Crippen molar-refractivity contribution >= 4 is 0 Å². The molecular formula is C12H23N3. The van der Waals surface area contributed by atoms with E-state index in [1.165, 1.54) is 32.4 Å². The summed E-state index contributed by atoms with van der Waals surface area (Å²) in [6, 6.07) is 2.30. The lowest BCUT2D eigenvalue weighted by Crippen LogP contribution is -2.32. The average molecular weight is 209 g/mol. The Morgan fingerprint density at radius 3 is 2.93 bits per heavy atom. The molecule has 1 fully saturated rings. The quantitative estimate of drug-likeness (QED) is 0.764. The van der Waals surface area contributed by atoms with E-state index in [-0.39, 0.29) is 6.04 Å². The van der Waals surface area contributed by atoms with E-state index in [4.69, 9.17) is 5.26 Å². The molecule has 0 spiro atoms. The Balaban J connectivity index is 2.23. The highest BCUT2D eigenvalue weighted by molar-refractivity contribution is 4.89. The van der Waals surface area contributed by atoms with Crippen molar-refractivity contribution in [3.63, 3.8) is 0 Å². The average Bonchev–Trinajstić information content (AvgIpc) is 2.45. The van der Waals surface area contributed by atoms with Gasteiger partial charge >= 0.3 is 0 Å². The van der Waals surface area contributed by atoms with E-state index in [0.717, 1.165) is 18.9 Å². The first-order valence-corrected chi connectivity index (χ1v) is 6.05. The van der Waals surface area contributed by atoms with Gasteiger partial charge in [-0.3, -0.25) is 0 Å². The van der Waals surface area contributed by atoms with Crippen LogP contribution in [-0.2, 0) is 0 Å². The molecule has 3 nitrogen and oxygen atoms in total. The zero-order valence-corrected chi connectivity index (χ0v) is 10.00. The topological polar surface area (TPSA) is 39.1 Å². The van der Waals surface area contributed by atoms with Gasteiger partial charge in [-0.15, -0.1) is 0 Å². The molecule has 1 rings (SSSR count). The minimum Gasteiger partial charge on any atom is -0.305 e. The highest BCUT2D eigenvalue weighted by Crippen LogP contribution is 2.16. The second-order valence-electron chi connectivity index (χ2n) is 4.64. The molecule has 2 atom stereocenters. The molecule has 0 aliphatic carbocycles. The number of likely N-dealkylation sites (tertiary alicyclic amines) is 1. The van der Waals surface area contributed by atoms with Crippen molar-refractivity contribution in [1.29, 1.82) is 5.26 Å². The summed E-state index contributed by atoms with van der Waals surface area (Å²) in [4.78, 5) is 2.51. The summed E-state index contributed by atoms with van der Waals surface area (Å²) in [5, 5.41) is 11.9. The Bertz CT molecular complexity index is 209. The second kappa shape index (κ2) is 6.81. The van der Waals surface area contributed by atoms with Crippen LogP contribution in [0, 0.1) is 17.2 Å². The first kappa shape index (κ1) is 12.5. The van der Waals surface area contributed by atoms with Gasteiger partial charge in [0.25, 0.3) is 0 Å². The fourth-order valence-corrected chi connectivity index (χ4v) is 2.13. The van der Waals surface area contributed by atoms with Gasteiger partial charge < -0.3 is 10.2 Å². The van der Waals surface area contributed by atoms with Crippen LogP contribution in [0.1, 0.15) is 32.6 Å².